The summed E-state index contributed by atoms with van der Waals surface area (Å²) in [6, 6.07) is 19.5. The highest BCUT2D eigenvalue weighted by Gasteiger charge is 2.27. The van der Waals surface area contributed by atoms with Crippen LogP contribution in [0.1, 0.15) is 11.1 Å². The summed E-state index contributed by atoms with van der Waals surface area (Å²) in [7, 11) is -4.00. The third kappa shape index (κ3) is 6.07. The third-order valence-electron chi connectivity index (χ3n) is 4.28. The van der Waals surface area contributed by atoms with Gasteiger partial charge in [-0.25, -0.2) is 13.8 Å². The third-order valence-corrected chi connectivity index (χ3v) is 6.58. The van der Waals surface area contributed by atoms with Crippen LogP contribution in [0.4, 0.5) is 5.69 Å². The van der Waals surface area contributed by atoms with E-state index in [1.54, 1.807) is 60.7 Å². The first-order valence-corrected chi connectivity index (χ1v) is 11.4. The minimum atomic E-state index is -4.00. The summed E-state index contributed by atoms with van der Waals surface area (Å²) in [5.41, 5.74) is 4.31. The van der Waals surface area contributed by atoms with Crippen molar-refractivity contribution in [2.45, 2.75) is 11.8 Å². The van der Waals surface area contributed by atoms with Crippen LogP contribution in [0.5, 0.6) is 0 Å². The van der Waals surface area contributed by atoms with Crippen molar-refractivity contribution in [3.8, 4) is 0 Å². The van der Waals surface area contributed by atoms with Crippen LogP contribution in [0.25, 0.3) is 0 Å². The number of hydrogen-bond donors (Lipinski definition) is 1. The standard InChI is InChI=1S/C22H19Cl2N3O3S/c1-16-2-12-21(13-3-16)31(29,30)27(20-10-8-19(24)9-11-20)15-22(28)26-25-14-17-4-6-18(23)7-5-17/h2-14H,15H2,1H3,(H,26,28)/b25-14-. The van der Waals surface area contributed by atoms with E-state index in [4.69, 9.17) is 23.2 Å². The lowest BCUT2D eigenvalue weighted by Gasteiger charge is -2.23. The van der Waals surface area contributed by atoms with Gasteiger partial charge < -0.3 is 0 Å². The Bertz CT molecular complexity index is 1180. The number of benzene rings is 3. The molecule has 160 valence electrons. The molecule has 0 radical (unpaired) electrons. The Morgan fingerprint density at radius 3 is 2.06 bits per heavy atom. The maximum Gasteiger partial charge on any atom is 0.264 e. The number of sulfonamides is 1. The van der Waals surface area contributed by atoms with Crippen LogP contribution >= 0.6 is 23.2 Å². The first kappa shape index (κ1) is 22.8. The summed E-state index contributed by atoms with van der Waals surface area (Å²) < 4.78 is 27.5. The van der Waals surface area contributed by atoms with Gasteiger partial charge in [-0.1, -0.05) is 53.0 Å². The van der Waals surface area contributed by atoms with Crippen LogP contribution < -0.4 is 9.73 Å². The summed E-state index contributed by atoms with van der Waals surface area (Å²) in [6.07, 6.45) is 1.44. The first-order valence-electron chi connectivity index (χ1n) is 9.18. The van der Waals surface area contributed by atoms with E-state index in [0.29, 0.717) is 15.7 Å². The van der Waals surface area contributed by atoms with Gasteiger partial charge in [-0.15, -0.1) is 0 Å². The molecule has 3 aromatic carbocycles. The number of carbonyl (C=O) groups is 1. The molecule has 0 aliphatic heterocycles. The summed E-state index contributed by atoms with van der Waals surface area (Å²) >= 11 is 11.8. The van der Waals surface area contributed by atoms with Crippen molar-refractivity contribution in [3.63, 3.8) is 0 Å². The molecule has 0 atom stereocenters. The number of hydrazone groups is 1. The lowest BCUT2D eigenvalue weighted by Crippen LogP contribution is -2.39. The molecule has 6 nitrogen and oxygen atoms in total. The Kier molecular flexibility index (Phi) is 7.33. The van der Waals surface area contributed by atoms with Crippen LogP contribution in [0.2, 0.25) is 10.0 Å². The first-order chi connectivity index (χ1) is 14.8. The molecule has 0 bridgehead atoms. The van der Waals surface area contributed by atoms with E-state index >= 15 is 0 Å². The molecule has 0 heterocycles. The van der Waals surface area contributed by atoms with Gasteiger partial charge in [-0.3, -0.25) is 9.10 Å². The zero-order chi connectivity index (χ0) is 22.4. The van der Waals surface area contributed by atoms with E-state index in [0.717, 1.165) is 15.4 Å². The van der Waals surface area contributed by atoms with E-state index in [1.807, 2.05) is 6.92 Å². The fraction of sp³-hybridized carbons (Fsp3) is 0.0909. The van der Waals surface area contributed by atoms with Crippen LogP contribution in [-0.4, -0.2) is 27.1 Å². The van der Waals surface area contributed by atoms with Crippen molar-refractivity contribution in [2.75, 3.05) is 10.8 Å². The van der Waals surface area contributed by atoms with Crippen molar-refractivity contribution in [1.82, 2.24) is 5.43 Å². The van der Waals surface area contributed by atoms with Gasteiger partial charge in [-0.05, 0) is 61.0 Å². The molecule has 0 saturated carbocycles. The number of rotatable bonds is 7. The van der Waals surface area contributed by atoms with Gasteiger partial charge in [0, 0.05) is 10.0 Å². The largest absolute Gasteiger partial charge is 0.271 e. The molecule has 9 heteroatoms. The van der Waals surface area contributed by atoms with E-state index < -0.39 is 22.5 Å². The Morgan fingerprint density at radius 1 is 0.935 bits per heavy atom. The second-order valence-corrected chi connectivity index (χ2v) is 9.38. The predicted molar refractivity (Wildman–Crippen MR) is 124 cm³/mol. The number of anilines is 1. The second-order valence-electron chi connectivity index (χ2n) is 6.65. The average Bonchev–Trinajstić information content (AvgIpc) is 2.74. The summed E-state index contributed by atoms with van der Waals surface area (Å²) in [5, 5.41) is 4.92. The highest BCUT2D eigenvalue weighted by atomic mass is 35.5. The fourth-order valence-corrected chi connectivity index (χ4v) is 4.33. The normalized spacial score (nSPS) is 11.5. The van der Waals surface area contributed by atoms with Crippen molar-refractivity contribution in [1.29, 1.82) is 0 Å². The van der Waals surface area contributed by atoms with Crippen molar-refractivity contribution in [2.24, 2.45) is 5.10 Å². The second kappa shape index (κ2) is 9.96. The van der Waals surface area contributed by atoms with Gasteiger partial charge in [-0.2, -0.15) is 5.10 Å². The van der Waals surface area contributed by atoms with Crippen LogP contribution in [-0.2, 0) is 14.8 Å². The van der Waals surface area contributed by atoms with Crippen molar-refractivity contribution >= 4 is 51.0 Å². The highest BCUT2D eigenvalue weighted by molar-refractivity contribution is 7.92. The molecule has 3 rings (SSSR count). The number of hydrogen-bond acceptors (Lipinski definition) is 4. The van der Waals surface area contributed by atoms with Crippen molar-refractivity contribution < 1.29 is 13.2 Å². The molecule has 0 spiro atoms. The number of nitrogens with zero attached hydrogens (tertiary/aromatic N) is 2. The van der Waals surface area contributed by atoms with Gasteiger partial charge >= 0.3 is 0 Å². The molecule has 0 aromatic heterocycles. The van der Waals surface area contributed by atoms with Gasteiger partial charge in [0.05, 0.1) is 16.8 Å². The Balaban J connectivity index is 1.82. The molecule has 1 N–H and O–H groups in total. The van der Waals surface area contributed by atoms with Gasteiger partial charge in [0.15, 0.2) is 0 Å². The highest BCUT2D eigenvalue weighted by Crippen LogP contribution is 2.25. The monoisotopic (exact) mass is 475 g/mol. The molecule has 1 amide bonds. The Labute approximate surface area is 191 Å². The summed E-state index contributed by atoms with van der Waals surface area (Å²) in [4.78, 5) is 12.6. The minimum Gasteiger partial charge on any atom is -0.271 e. The van der Waals surface area contributed by atoms with Crippen LogP contribution in [0.15, 0.2) is 82.8 Å². The molecular weight excluding hydrogens is 457 g/mol. The minimum absolute atomic E-state index is 0.0746. The molecule has 3 aromatic rings. The molecule has 0 aliphatic rings. The predicted octanol–water partition coefficient (Wildman–Crippen LogP) is 4.65. The van der Waals surface area contributed by atoms with Crippen LogP contribution in [0, 0.1) is 6.92 Å². The lowest BCUT2D eigenvalue weighted by molar-refractivity contribution is -0.119. The number of nitrogens with one attached hydrogen (secondary N) is 1. The van der Waals surface area contributed by atoms with E-state index in [1.165, 1.54) is 18.3 Å². The Hall–Kier alpha value is -2.87. The molecule has 0 aliphatic carbocycles. The van der Waals surface area contributed by atoms with Gasteiger partial charge in [0.2, 0.25) is 0 Å². The molecule has 31 heavy (non-hydrogen) atoms. The fourth-order valence-electron chi connectivity index (χ4n) is 2.65. The smallest absolute Gasteiger partial charge is 0.264 e. The van der Waals surface area contributed by atoms with Gasteiger partial charge in [0.25, 0.3) is 15.9 Å². The number of carbonyl (C=O) groups excluding carboxylic acids is 1. The molecule has 0 fully saturated rings. The molecule has 0 saturated heterocycles. The summed E-state index contributed by atoms with van der Waals surface area (Å²) in [5.74, 6) is -0.601. The lowest BCUT2D eigenvalue weighted by atomic mass is 10.2. The maximum atomic E-state index is 13.3. The van der Waals surface area contributed by atoms with Crippen LogP contribution in [0.3, 0.4) is 0 Å². The number of amides is 1. The zero-order valence-electron chi connectivity index (χ0n) is 16.5. The Morgan fingerprint density at radius 2 is 1.48 bits per heavy atom. The molecule has 0 unspecified atom stereocenters. The van der Waals surface area contributed by atoms with E-state index in [2.05, 4.69) is 10.5 Å². The maximum absolute atomic E-state index is 13.3. The summed E-state index contributed by atoms with van der Waals surface area (Å²) in [6.45, 7) is 1.40. The van der Waals surface area contributed by atoms with Gasteiger partial charge in [0.1, 0.15) is 6.54 Å². The number of aryl methyl sites for hydroxylation is 1. The molecular formula is C22H19Cl2N3O3S. The van der Waals surface area contributed by atoms with E-state index in [9.17, 15) is 13.2 Å². The number of halogens is 2. The zero-order valence-corrected chi connectivity index (χ0v) is 18.8. The quantitative estimate of drug-likeness (QED) is 0.399. The topological polar surface area (TPSA) is 78.8 Å². The van der Waals surface area contributed by atoms with E-state index in [-0.39, 0.29) is 4.90 Å². The average molecular weight is 476 g/mol. The SMILES string of the molecule is Cc1ccc(S(=O)(=O)N(CC(=O)N/N=C\c2ccc(Cl)cc2)c2ccc(Cl)cc2)cc1. The van der Waals surface area contributed by atoms with Crippen molar-refractivity contribution in [3.05, 3.63) is 94.0 Å².